The molecule has 2 aliphatic heterocycles. The van der Waals surface area contributed by atoms with E-state index in [0.717, 1.165) is 66.3 Å². The fourth-order valence-corrected chi connectivity index (χ4v) is 4.70. The Balaban J connectivity index is 1.55. The number of carboxylic acid groups (broad SMARTS) is 1. The minimum Gasteiger partial charge on any atom is -0.481 e. The van der Waals surface area contributed by atoms with Gasteiger partial charge in [-0.1, -0.05) is 0 Å². The molecule has 0 radical (unpaired) electrons. The fraction of sp³-hybridized carbons (Fsp3) is 0.571. The molecule has 0 bridgehead atoms. The van der Waals surface area contributed by atoms with Crippen molar-refractivity contribution in [1.82, 2.24) is 20.2 Å². The van der Waals surface area contributed by atoms with Crippen molar-refractivity contribution < 1.29 is 19.5 Å². The average Bonchev–Trinajstić information content (AvgIpc) is 3.30. The number of nitrogens with one attached hydrogen (secondary N) is 2. The molecule has 9 nitrogen and oxygen atoms in total. The van der Waals surface area contributed by atoms with Gasteiger partial charge in [0.05, 0.1) is 28.4 Å². The molecule has 3 N–H and O–H groups in total. The molecule has 160 valence electrons. The Morgan fingerprint density at radius 3 is 2.87 bits per heavy atom. The molecule has 5 rings (SSSR count). The van der Waals surface area contributed by atoms with Crippen LogP contribution in [0.25, 0.3) is 16.7 Å². The minimum atomic E-state index is -0.765. The fourth-order valence-electron chi connectivity index (χ4n) is 4.70. The zero-order valence-corrected chi connectivity index (χ0v) is 17.3. The van der Waals surface area contributed by atoms with Crippen LogP contribution in [-0.4, -0.2) is 50.7 Å². The van der Waals surface area contributed by atoms with E-state index >= 15 is 0 Å². The number of rotatable bonds is 5. The lowest BCUT2D eigenvalue weighted by molar-refractivity contribution is -0.162. The SMILES string of the molecule is CCn1nc(C)c2c(NC3CCOCC3)c(C3=CC4(CC(C(=O)O)C4)ON3)cnc21. The van der Waals surface area contributed by atoms with Gasteiger partial charge in [0.1, 0.15) is 5.60 Å². The largest absolute Gasteiger partial charge is 0.481 e. The van der Waals surface area contributed by atoms with Crippen molar-refractivity contribution in [2.45, 2.75) is 57.7 Å². The van der Waals surface area contributed by atoms with E-state index in [-0.39, 0.29) is 5.92 Å². The van der Waals surface area contributed by atoms with Crippen LogP contribution in [0, 0.1) is 12.8 Å². The van der Waals surface area contributed by atoms with E-state index in [2.05, 4.69) is 22.8 Å². The number of carboxylic acids is 1. The Hall–Kier alpha value is -2.65. The van der Waals surface area contributed by atoms with E-state index in [1.807, 2.05) is 23.9 Å². The summed E-state index contributed by atoms with van der Waals surface area (Å²) in [5, 5.41) is 18.6. The van der Waals surface area contributed by atoms with Crippen molar-refractivity contribution in [3.63, 3.8) is 0 Å². The predicted octanol–water partition coefficient (Wildman–Crippen LogP) is 2.46. The van der Waals surface area contributed by atoms with E-state index in [1.54, 1.807) is 0 Å². The van der Waals surface area contributed by atoms with Crippen molar-refractivity contribution in [2.24, 2.45) is 5.92 Å². The van der Waals surface area contributed by atoms with E-state index in [4.69, 9.17) is 14.6 Å². The third-order valence-corrected chi connectivity index (χ3v) is 6.40. The summed E-state index contributed by atoms with van der Waals surface area (Å²) in [5.41, 5.74) is 7.03. The van der Waals surface area contributed by atoms with Crippen molar-refractivity contribution in [3.8, 4) is 0 Å². The Morgan fingerprint density at radius 2 is 2.17 bits per heavy atom. The second-order valence-corrected chi connectivity index (χ2v) is 8.45. The van der Waals surface area contributed by atoms with Gasteiger partial charge in [-0.3, -0.25) is 15.1 Å². The summed E-state index contributed by atoms with van der Waals surface area (Å²) in [7, 11) is 0. The topological polar surface area (TPSA) is 111 Å². The molecule has 0 amide bonds. The summed E-state index contributed by atoms with van der Waals surface area (Å²) in [6.07, 6.45) is 6.71. The molecule has 3 aliphatic rings. The van der Waals surface area contributed by atoms with Crippen LogP contribution in [0.5, 0.6) is 0 Å². The van der Waals surface area contributed by atoms with Crippen LogP contribution in [0.3, 0.4) is 0 Å². The molecular weight excluding hydrogens is 386 g/mol. The minimum absolute atomic E-state index is 0.310. The summed E-state index contributed by atoms with van der Waals surface area (Å²) in [5.74, 6) is -1.12. The molecule has 1 aliphatic carbocycles. The van der Waals surface area contributed by atoms with Crippen LogP contribution in [0.15, 0.2) is 12.3 Å². The number of pyridine rings is 1. The van der Waals surface area contributed by atoms with E-state index < -0.39 is 11.6 Å². The number of ether oxygens (including phenoxy) is 1. The maximum atomic E-state index is 11.2. The van der Waals surface area contributed by atoms with Gasteiger partial charge in [-0.15, -0.1) is 0 Å². The Labute approximate surface area is 174 Å². The van der Waals surface area contributed by atoms with Crippen molar-refractivity contribution in [3.05, 3.63) is 23.5 Å². The number of hydrogen-bond donors (Lipinski definition) is 3. The van der Waals surface area contributed by atoms with Crippen molar-refractivity contribution >= 4 is 28.4 Å². The van der Waals surface area contributed by atoms with Gasteiger partial charge in [0.2, 0.25) is 0 Å². The van der Waals surface area contributed by atoms with E-state index in [0.29, 0.717) is 18.9 Å². The standard InChI is InChI=1S/C21H27N5O4/c1-3-26-19-17(12(2)24-26)18(23-14-4-6-29-7-5-14)15(11-22-19)16-10-21(30-25-16)8-13(9-21)20(27)28/h10-11,13-14,25H,3-9H2,1-2H3,(H,22,23)(H,27,28). The highest BCUT2D eigenvalue weighted by molar-refractivity contribution is 5.98. The summed E-state index contributed by atoms with van der Waals surface area (Å²) >= 11 is 0. The summed E-state index contributed by atoms with van der Waals surface area (Å²) in [6, 6.07) is 0.310. The average molecular weight is 413 g/mol. The number of aromatic nitrogens is 3. The molecule has 4 heterocycles. The molecular formula is C21H27N5O4. The first-order valence-electron chi connectivity index (χ1n) is 10.6. The molecule has 0 atom stereocenters. The van der Waals surface area contributed by atoms with Crippen LogP contribution in [0.1, 0.15) is 43.9 Å². The number of fused-ring (bicyclic) bond motifs is 1. The zero-order chi connectivity index (χ0) is 20.9. The molecule has 2 aromatic heterocycles. The molecule has 30 heavy (non-hydrogen) atoms. The Morgan fingerprint density at radius 1 is 1.40 bits per heavy atom. The van der Waals surface area contributed by atoms with Gasteiger partial charge < -0.3 is 15.2 Å². The number of hydrogen-bond acceptors (Lipinski definition) is 7. The lowest BCUT2D eigenvalue weighted by Crippen LogP contribution is -2.46. The predicted molar refractivity (Wildman–Crippen MR) is 111 cm³/mol. The van der Waals surface area contributed by atoms with Gasteiger partial charge in [-0.05, 0) is 45.6 Å². The smallest absolute Gasteiger partial charge is 0.306 e. The van der Waals surface area contributed by atoms with Crippen LogP contribution in [-0.2, 0) is 20.9 Å². The van der Waals surface area contributed by atoms with Crippen LogP contribution >= 0.6 is 0 Å². The quantitative estimate of drug-likeness (QED) is 0.686. The summed E-state index contributed by atoms with van der Waals surface area (Å²) in [4.78, 5) is 21.8. The van der Waals surface area contributed by atoms with Gasteiger partial charge in [-0.25, -0.2) is 9.67 Å². The summed E-state index contributed by atoms with van der Waals surface area (Å²) < 4.78 is 7.44. The lowest BCUT2D eigenvalue weighted by Gasteiger charge is -2.39. The number of aryl methyl sites for hydroxylation is 2. The lowest BCUT2D eigenvalue weighted by atomic mass is 9.70. The van der Waals surface area contributed by atoms with Gasteiger partial charge in [-0.2, -0.15) is 5.10 Å². The number of carbonyl (C=O) groups is 1. The maximum Gasteiger partial charge on any atom is 0.306 e. The second-order valence-electron chi connectivity index (χ2n) is 8.45. The van der Waals surface area contributed by atoms with E-state index in [1.165, 1.54) is 0 Å². The maximum absolute atomic E-state index is 11.2. The normalized spacial score (nSPS) is 26.5. The van der Waals surface area contributed by atoms with Crippen molar-refractivity contribution in [1.29, 1.82) is 0 Å². The van der Waals surface area contributed by atoms with Gasteiger partial charge >= 0.3 is 5.97 Å². The molecule has 1 saturated carbocycles. The first-order valence-corrected chi connectivity index (χ1v) is 10.6. The van der Waals surface area contributed by atoms with E-state index in [9.17, 15) is 9.90 Å². The Bertz CT molecular complexity index is 1020. The number of hydroxylamine groups is 1. The molecule has 1 saturated heterocycles. The number of anilines is 1. The third-order valence-electron chi connectivity index (χ3n) is 6.40. The highest BCUT2D eigenvalue weighted by Gasteiger charge is 2.51. The molecule has 9 heteroatoms. The summed E-state index contributed by atoms with van der Waals surface area (Å²) in [6.45, 7) is 6.31. The molecule has 1 spiro atoms. The van der Waals surface area contributed by atoms with Gasteiger partial charge in [0, 0.05) is 37.6 Å². The number of nitrogens with zero attached hydrogens (tertiary/aromatic N) is 3. The van der Waals surface area contributed by atoms with Crippen LogP contribution in [0.2, 0.25) is 0 Å². The highest BCUT2D eigenvalue weighted by atomic mass is 16.7. The first kappa shape index (κ1) is 19.3. The van der Waals surface area contributed by atoms with Gasteiger partial charge in [0.15, 0.2) is 5.65 Å². The molecule has 0 unspecified atom stereocenters. The van der Waals surface area contributed by atoms with Gasteiger partial charge in [0.25, 0.3) is 0 Å². The molecule has 2 fully saturated rings. The van der Waals surface area contributed by atoms with Crippen molar-refractivity contribution in [2.75, 3.05) is 18.5 Å². The second kappa shape index (κ2) is 7.24. The Kier molecular flexibility index (Phi) is 4.67. The van der Waals surface area contributed by atoms with Crippen LogP contribution in [0.4, 0.5) is 5.69 Å². The highest BCUT2D eigenvalue weighted by Crippen LogP contribution is 2.47. The monoisotopic (exact) mass is 413 g/mol. The number of aliphatic carboxylic acids is 1. The molecule has 2 aromatic rings. The zero-order valence-electron chi connectivity index (χ0n) is 17.3. The third kappa shape index (κ3) is 3.13. The van der Waals surface area contributed by atoms with Crippen LogP contribution < -0.4 is 10.8 Å². The molecule has 0 aromatic carbocycles. The first-order chi connectivity index (χ1) is 14.5.